The van der Waals surface area contributed by atoms with Crippen LogP contribution >= 0.6 is 0 Å². The summed E-state index contributed by atoms with van der Waals surface area (Å²) in [4.78, 5) is 11.4. The van der Waals surface area contributed by atoms with Gasteiger partial charge in [0, 0.05) is 19.8 Å². The Morgan fingerprint density at radius 1 is 1.16 bits per heavy atom. The SMILES string of the molecule is CNc1nccc(C2CCCCN2Cc2ccc(OC)c(OC)c2)n1. The van der Waals surface area contributed by atoms with Crippen molar-refractivity contribution in [3.05, 3.63) is 41.7 Å². The summed E-state index contributed by atoms with van der Waals surface area (Å²) in [6.45, 7) is 1.93. The molecule has 134 valence electrons. The van der Waals surface area contributed by atoms with E-state index in [1.165, 1.54) is 18.4 Å². The van der Waals surface area contributed by atoms with E-state index < -0.39 is 0 Å². The van der Waals surface area contributed by atoms with E-state index in [4.69, 9.17) is 9.47 Å². The van der Waals surface area contributed by atoms with Crippen LogP contribution in [-0.2, 0) is 6.54 Å². The van der Waals surface area contributed by atoms with E-state index >= 15 is 0 Å². The fourth-order valence-corrected chi connectivity index (χ4v) is 3.41. The van der Waals surface area contributed by atoms with E-state index in [0.29, 0.717) is 12.0 Å². The van der Waals surface area contributed by atoms with Crippen LogP contribution in [0.1, 0.15) is 36.6 Å². The Morgan fingerprint density at radius 2 is 2.00 bits per heavy atom. The summed E-state index contributed by atoms with van der Waals surface area (Å²) in [5.41, 5.74) is 2.30. The van der Waals surface area contributed by atoms with E-state index in [-0.39, 0.29) is 0 Å². The summed E-state index contributed by atoms with van der Waals surface area (Å²) in [6.07, 6.45) is 5.39. The number of nitrogens with one attached hydrogen (secondary N) is 1. The van der Waals surface area contributed by atoms with Gasteiger partial charge in [-0.25, -0.2) is 9.97 Å². The lowest BCUT2D eigenvalue weighted by atomic mass is 9.98. The maximum atomic E-state index is 5.44. The summed E-state index contributed by atoms with van der Waals surface area (Å²) in [5.74, 6) is 2.21. The normalized spacial score (nSPS) is 18.0. The van der Waals surface area contributed by atoms with Crippen molar-refractivity contribution in [3.8, 4) is 11.5 Å². The molecule has 2 aromatic rings. The van der Waals surface area contributed by atoms with Crippen molar-refractivity contribution in [2.75, 3.05) is 33.1 Å². The zero-order chi connectivity index (χ0) is 17.6. The molecule has 1 N–H and O–H groups in total. The minimum atomic E-state index is 0.317. The number of nitrogens with zero attached hydrogens (tertiary/aromatic N) is 3. The number of benzene rings is 1. The predicted octanol–water partition coefficient (Wildman–Crippen LogP) is 3.26. The lowest BCUT2D eigenvalue weighted by molar-refractivity contribution is 0.137. The Kier molecular flexibility index (Phi) is 5.71. The second kappa shape index (κ2) is 8.16. The van der Waals surface area contributed by atoms with Gasteiger partial charge in [-0.3, -0.25) is 4.90 Å². The third-order valence-electron chi connectivity index (χ3n) is 4.69. The molecule has 1 unspecified atom stereocenters. The molecule has 0 spiro atoms. The smallest absolute Gasteiger partial charge is 0.222 e. The van der Waals surface area contributed by atoms with Crippen molar-refractivity contribution >= 4 is 5.95 Å². The van der Waals surface area contributed by atoms with Gasteiger partial charge >= 0.3 is 0 Å². The van der Waals surface area contributed by atoms with Gasteiger partial charge in [0.25, 0.3) is 0 Å². The minimum absolute atomic E-state index is 0.317. The van der Waals surface area contributed by atoms with E-state index in [1.807, 2.05) is 25.4 Å². The first-order valence-electron chi connectivity index (χ1n) is 8.70. The van der Waals surface area contributed by atoms with Gasteiger partial charge in [0.2, 0.25) is 5.95 Å². The number of methoxy groups -OCH3 is 2. The Balaban J connectivity index is 1.81. The van der Waals surface area contributed by atoms with E-state index in [0.717, 1.165) is 36.7 Å². The van der Waals surface area contributed by atoms with Crippen LogP contribution in [0, 0.1) is 0 Å². The van der Waals surface area contributed by atoms with Crippen LogP contribution in [0.15, 0.2) is 30.5 Å². The summed E-state index contributed by atoms with van der Waals surface area (Å²) >= 11 is 0. The van der Waals surface area contributed by atoms with E-state index in [9.17, 15) is 0 Å². The highest BCUT2D eigenvalue weighted by Crippen LogP contribution is 2.33. The molecule has 0 saturated carbocycles. The molecular formula is C19H26N4O2. The first-order valence-corrected chi connectivity index (χ1v) is 8.70. The number of rotatable bonds is 6. The van der Waals surface area contributed by atoms with Crippen LogP contribution in [0.2, 0.25) is 0 Å². The van der Waals surface area contributed by atoms with E-state index in [2.05, 4.69) is 32.3 Å². The predicted molar refractivity (Wildman–Crippen MR) is 98.1 cm³/mol. The van der Waals surface area contributed by atoms with Crippen LogP contribution in [0.25, 0.3) is 0 Å². The molecular weight excluding hydrogens is 316 g/mol. The van der Waals surface area contributed by atoms with Crippen LogP contribution in [0.5, 0.6) is 11.5 Å². The number of ether oxygens (including phenoxy) is 2. The highest BCUT2D eigenvalue weighted by molar-refractivity contribution is 5.43. The quantitative estimate of drug-likeness (QED) is 0.869. The van der Waals surface area contributed by atoms with Gasteiger partial charge < -0.3 is 14.8 Å². The topological polar surface area (TPSA) is 59.5 Å². The zero-order valence-electron chi connectivity index (χ0n) is 15.2. The molecule has 0 amide bonds. The average Bonchev–Trinajstić information content (AvgIpc) is 2.68. The Hall–Kier alpha value is -2.34. The summed E-state index contributed by atoms with van der Waals surface area (Å²) in [5, 5.41) is 3.03. The third kappa shape index (κ3) is 4.02. The Morgan fingerprint density at radius 3 is 2.76 bits per heavy atom. The molecule has 1 aliphatic rings. The molecule has 1 atom stereocenters. The number of likely N-dealkylation sites (tertiary alicyclic amines) is 1. The first-order chi connectivity index (χ1) is 12.2. The van der Waals surface area contributed by atoms with Crippen molar-refractivity contribution in [1.82, 2.24) is 14.9 Å². The maximum Gasteiger partial charge on any atom is 0.222 e. The Labute approximate surface area is 149 Å². The molecule has 0 aliphatic carbocycles. The van der Waals surface area contributed by atoms with Crippen molar-refractivity contribution in [2.24, 2.45) is 0 Å². The maximum absolute atomic E-state index is 5.44. The van der Waals surface area contributed by atoms with Gasteiger partial charge in [-0.15, -0.1) is 0 Å². The average molecular weight is 342 g/mol. The molecule has 6 heteroatoms. The molecule has 1 saturated heterocycles. The van der Waals surface area contributed by atoms with Crippen LogP contribution in [-0.4, -0.2) is 42.7 Å². The zero-order valence-corrected chi connectivity index (χ0v) is 15.2. The fraction of sp³-hybridized carbons (Fsp3) is 0.474. The standard InChI is InChI=1S/C19H26N4O2/c1-20-19-21-10-9-15(22-19)16-6-4-5-11-23(16)13-14-7-8-17(24-2)18(12-14)25-3/h7-10,12,16H,4-6,11,13H2,1-3H3,(H,20,21,22). The molecule has 1 aromatic carbocycles. The van der Waals surface area contributed by atoms with Gasteiger partial charge in [-0.1, -0.05) is 12.5 Å². The molecule has 3 rings (SSSR count). The molecule has 1 aromatic heterocycles. The number of aromatic nitrogens is 2. The largest absolute Gasteiger partial charge is 0.493 e. The van der Waals surface area contributed by atoms with E-state index in [1.54, 1.807) is 14.2 Å². The Bertz CT molecular complexity index is 708. The molecule has 25 heavy (non-hydrogen) atoms. The summed E-state index contributed by atoms with van der Waals surface area (Å²) in [6, 6.07) is 8.47. The molecule has 1 fully saturated rings. The summed E-state index contributed by atoms with van der Waals surface area (Å²) in [7, 11) is 5.18. The van der Waals surface area contributed by atoms with Gasteiger partial charge in [0.15, 0.2) is 11.5 Å². The third-order valence-corrected chi connectivity index (χ3v) is 4.69. The highest BCUT2D eigenvalue weighted by atomic mass is 16.5. The van der Waals surface area contributed by atoms with Gasteiger partial charge in [0.1, 0.15) is 0 Å². The lowest BCUT2D eigenvalue weighted by Crippen LogP contribution is -2.33. The highest BCUT2D eigenvalue weighted by Gasteiger charge is 2.25. The van der Waals surface area contributed by atoms with Gasteiger partial charge in [0.05, 0.1) is 26.0 Å². The number of hydrogen-bond donors (Lipinski definition) is 1. The number of piperidine rings is 1. The van der Waals surface area contributed by atoms with Crippen molar-refractivity contribution < 1.29 is 9.47 Å². The van der Waals surface area contributed by atoms with Crippen LogP contribution < -0.4 is 14.8 Å². The second-order valence-corrected chi connectivity index (χ2v) is 6.23. The lowest BCUT2D eigenvalue weighted by Gasteiger charge is -2.35. The van der Waals surface area contributed by atoms with Crippen LogP contribution in [0.4, 0.5) is 5.95 Å². The summed E-state index contributed by atoms with van der Waals surface area (Å²) < 4.78 is 10.8. The number of anilines is 1. The van der Waals surface area contributed by atoms with Crippen molar-refractivity contribution in [3.63, 3.8) is 0 Å². The molecule has 6 nitrogen and oxygen atoms in total. The van der Waals surface area contributed by atoms with Crippen LogP contribution in [0.3, 0.4) is 0 Å². The molecule has 1 aliphatic heterocycles. The minimum Gasteiger partial charge on any atom is -0.493 e. The molecule has 2 heterocycles. The second-order valence-electron chi connectivity index (χ2n) is 6.23. The van der Waals surface area contributed by atoms with Crippen molar-refractivity contribution in [2.45, 2.75) is 31.8 Å². The fourth-order valence-electron chi connectivity index (χ4n) is 3.41. The monoisotopic (exact) mass is 342 g/mol. The van der Waals surface area contributed by atoms with Gasteiger partial charge in [-0.05, 0) is 43.1 Å². The molecule has 0 radical (unpaired) electrons. The number of hydrogen-bond acceptors (Lipinski definition) is 6. The first kappa shape index (κ1) is 17.5. The van der Waals surface area contributed by atoms with Crippen molar-refractivity contribution in [1.29, 1.82) is 0 Å². The van der Waals surface area contributed by atoms with Gasteiger partial charge in [-0.2, -0.15) is 0 Å². The molecule has 0 bridgehead atoms.